The molecule has 2 aromatic carbocycles. The van der Waals surface area contributed by atoms with Gasteiger partial charge in [-0.15, -0.1) is 0 Å². The Morgan fingerprint density at radius 2 is 1.73 bits per heavy atom. The fourth-order valence-electron chi connectivity index (χ4n) is 2.73. The first-order valence-corrected chi connectivity index (χ1v) is 8.80. The molecule has 0 radical (unpaired) electrons. The molecule has 3 aromatic rings. The molecule has 0 unspecified atom stereocenters. The number of halogens is 1. The lowest BCUT2D eigenvalue weighted by molar-refractivity contribution is 0.0954. The molecule has 0 saturated carbocycles. The number of nitrogens with zero attached hydrogens (tertiary/aromatic N) is 3. The number of aryl methyl sites for hydroxylation is 1. The van der Waals surface area contributed by atoms with Crippen LogP contribution in [-0.4, -0.2) is 35.8 Å². The lowest BCUT2D eigenvalue weighted by Crippen LogP contribution is -2.33. The topological polar surface area (TPSA) is 50.2 Å². The van der Waals surface area contributed by atoms with Crippen molar-refractivity contribution in [3.63, 3.8) is 0 Å². The summed E-state index contributed by atoms with van der Waals surface area (Å²) in [4.78, 5) is 14.7. The van der Waals surface area contributed by atoms with Gasteiger partial charge < -0.3 is 10.2 Å². The van der Waals surface area contributed by atoms with E-state index in [9.17, 15) is 4.79 Å². The monoisotopic (exact) mass is 368 g/mol. The van der Waals surface area contributed by atoms with Gasteiger partial charge in [0, 0.05) is 25.8 Å². The number of nitrogens with one attached hydrogen (secondary N) is 1. The summed E-state index contributed by atoms with van der Waals surface area (Å²) in [6.45, 7) is 2.99. The van der Waals surface area contributed by atoms with E-state index in [0.717, 1.165) is 11.4 Å². The zero-order chi connectivity index (χ0) is 18.5. The summed E-state index contributed by atoms with van der Waals surface area (Å²) < 4.78 is 1.59. The molecule has 0 spiro atoms. The standard InChI is InChI=1S/C20H21ClN4O/c1-15-18(19(21)25(23-15)17-11-7-4-8-12-17)20(26)22-13-14-24(2)16-9-5-3-6-10-16/h3-12H,13-14H2,1-2H3,(H,22,26). The van der Waals surface area contributed by atoms with E-state index in [1.165, 1.54) is 0 Å². The average molecular weight is 369 g/mol. The number of hydrogen-bond donors (Lipinski definition) is 1. The molecular formula is C20H21ClN4O. The van der Waals surface area contributed by atoms with Crippen LogP contribution in [0.1, 0.15) is 16.1 Å². The van der Waals surface area contributed by atoms with Crippen molar-refractivity contribution in [1.82, 2.24) is 15.1 Å². The van der Waals surface area contributed by atoms with Crippen LogP contribution in [0.25, 0.3) is 5.69 Å². The number of para-hydroxylation sites is 2. The Hall–Kier alpha value is -2.79. The highest BCUT2D eigenvalue weighted by Gasteiger charge is 2.20. The molecule has 0 saturated heterocycles. The molecule has 0 aliphatic heterocycles. The van der Waals surface area contributed by atoms with Gasteiger partial charge in [0.15, 0.2) is 0 Å². The Kier molecular flexibility index (Phi) is 5.58. The van der Waals surface area contributed by atoms with Gasteiger partial charge in [0.1, 0.15) is 5.15 Å². The van der Waals surface area contributed by atoms with Gasteiger partial charge in [-0.2, -0.15) is 5.10 Å². The van der Waals surface area contributed by atoms with Crippen molar-refractivity contribution >= 4 is 23.2 Å². The van der Waals surface area contributed by atoms with E-state index in [0.29, 0.717) is 29.5 Å². The van der Waals surface area contributed by atoms with E-state index in [1.54, 1.807) is 11.6 Å². The van der Waals surface area contributed by atoms with E-state index in [1.807, 2.05) is 67.7 Å². The van der Waals surface area contributed by atoms with Crippen LogP contribution < -0.4 is 10.2 Å². The Morgan fingerprint density at radius 1 is 1.12 bits per heavy atom. The second kappa shape index (κ2) is 8.06. The van der Waals surface area contributed by atoms with Crippen molar-refractivity contribution in [2.75, 3.05) is 25.0 Å². The molecule has 1 aromatic heterocycles. The summed E-state index contributed by atoms with van der Waals surface area (Å²) in [5.41, 5.74) is 2.95. The van der Waals surface area contributed by atoms with Gasteiger partial charge in [-0.3, -0.25) is 4.79 Å². The number of hydrogen-bond acceptors (Lipinski definition) is 3. The molecule has 0 aliphatic rings. The zero-order valence-corrected chi connectivity index (χ0v) is 15.6. The maximum absolute atomic E-state index is 12.6. The molecule has 26 heavy (non-hydrogen) atoms. The second-order valence-corrected chi connectivity index (χ2v) is 6.37. The van der Waals surface area contributed by atoms with Crippen LogP contribution in [0, 0.1) is 6.92 Å². The molecule has 0 bridgehead atoms. The minimum Gasteiger partial charge on any atom is -0.373 e. The third kappa shape index (κ3) is 3.89. The minimum atomic E-state index is -0.212. The number of amides is 1. The Labute approximate surface area is 158 Å². The van der Waals surface area contributed by atoms with Gasteiger partial charge in [-0.05, 0) is 31.2 Å². The van der Waals surface area contributed by atoms with Crippen LogP contribution in [0.15, 0.2) is 60.7 Å². The quantitative estimate of drug-likeness (QED) is 0.721. The third-order valence-corrected chi connectivity index (χ3v) is 4.51. The maximum atomic E-state index is 12.6. The van der Waals surface area contributed by atoms with Gasteiger partial charge >= 0.3 is 0 Å². The first-order chi connectivity index (χ1) is 12.6. The zero-order valence-electron chi connectivity index (χ0n) is 14.8. The van der Waals surface area contributed by atoms with E-state index < -0.39 is 0 Å². The van der Waals surface area contributed by atoms with E-state index in [2.05, 4.69) is 15.3 Å². The van der Waals surface area contributed by atoms with Crippen molar-refractivity contribution in [2.24, 2.45) is 0 Å². The number of rotatable bonds is 6. The van der Waals surface area contributed by atoms with Gasteiger partial charge in [-0.1, -0.05) is 48.0 Å². The van der Waals surface area contributed by atoms with E-state index >= 15 is 0 Å². The molecule has 1 amide bonds. The summed E-state index contributed by atoms with van der Waals surface area (Å²) in [6, 6.07) is 19.6. The van der Waals surface area contributed by atoms with Gasteiger partial charge in [0.25, 0.3) is 5.91 Å². The molecular weight excluding hydrogens is 348 g/mol. The highest BCUT2D eigenvalue weighted by atomic mass is 35.5. The molecule has 5 nitrogen and oxygen atoms in total. The van der Waals surface area contributed by atoms with Crippen molar-refractivity contribution in [3.8, 4) is 5.69 Å². The molecule has 0 fully saturated rings. The fraction of sp³-hybridized carbons (Fsp3) is 0.200. The van der Waals surface area contributed by atoms with Crippen LogP contribution >= 0.6 is 11.6 Å². The summed E-state index contributed by atoms with van der Waals surface area (Å²) in [7, 11) is 1.99. The van der Waals surface area contributed by atoms with Crippen LogP contribution in [-0.2, 0) is 0 Å². The highest BCUT2D eigenvalue weighted by Crippen LogP contribution is 2.23. The first-order valence-electron chi connectivity index (χ1n) is 8.43. The lowest BCUT2D eigenvalue weighted by atomic mass is 10.2. The molecule has 6 heteroatoms. The fourth-order valence-corrected chi connectivity index (χ4v) is 3.09. The number of carbonyl (C=O) groups excluding carboxylic acids is 1. The Morgan fingerprint density at radius 3 is 2.38 bits per heavy atom. The summed E-state index contributed by atoms with van der Waals surface area (Å²) in [5, 5.41) is 7.66. The van der Waals surface area contributed by atoms with Crippen LogP contribution in [0.5, 0.6) is 0 Å². The maximum Gasteiger partial charge on any atom is 0.256 e. The molecule has 1 N–H and O–H groups in total. The predicted octanol–water partition coefficient (Wildman–Crippen LogP) is 3.70. The average Bonchev–Trinajstić information content (AvgIpc) is 2.97. The summed E-state index contributed by atoms with van der Waals surface area (Å²) in [5.74, 6) is -0.212. The number of aromatic nitrogens is 2. The van der Waals surface area contributed by atoms with Gasteiger partial charge in [0.05, 0.1) is 16.9 Å². The summed E-state index contributed by atoms with van der Waals surface area (Å²) in [6.07, 6.45) is 0. The third-order valence-electron chi connectivity index (χ3n) is 4.16. The van der Waals surface area contributed by atoms with Gasteiger partial charge in [0.2, 0.25) is 0 Å². The lowest BCUT2D eigenvalue weighted by Gasteiger charge is -2.19. The molecule has 134 valence electrons. The SMILES string of the molecule is Cc1nn(-c2ccccc2)c(Cl)c1C(=O)NCCN(C)c1ccccc1. The van der Waals surface area contributed by atoms with Crippen molar-refractivity contribution in [1.29, 1.82) is 0 Å². The van der Waals surface area contributed by atoms with Crippen molar-refractivity contribution in [2.45, 2.75) is 6.92 Å². The first kappa shape index (κ1) is 18.0. The summed E-state index contributed by atoms with van der Waals surface area (Å²) >= 11 is 6.43. The van der Waals surface area contributed by atoms with Crippen molar-refractivity contribution < 1.29 is 4.79 Å². The van der Waals surface area contributed by atoms with Crippen molar-refractivity contribution in [3.05, 3.63) is 77.1 Å². The molecule has 1 heterocycles. The second-order valence-electron chi connectivity index (χ2n) is 6.01. The minimum absolute atomic E-state index is 0.212. The van der Waals surface area contributed by atoms with E-state index in [-0.39, 0.29) is 5.91 Å². The smallest absolute Gasteiger partial charge is 0.256 e. The number of carbonyl (C=O) groups is 1. The highest BCUT2D eigenvalue weighted by molar-refractivity contribution is 6.33. The number of likely N-dealkylation sites (N-methyl/N-ethyl adjacent to an activating group) is 1. The molecule has 0 atom stereocenters. The largest absolute Gasteiger partial charge is 0.373 e. The Bertz CT molecular complexity index is 878. The normalized spacial score (nSPS) is 10.6. The van der Waals surface area contributed by atoms with Crippen LogP contribution in [0.2, 0.25) is 5.15 Å². The number of anilines is 1. The van der Waals surface area contributed by atoms with E-state index in [4.69, 9.17) is 11.6 Å². The van der Waals surface area contributed by atoms with Crippen LogP contribution in [0.4, 0.5) is 5.69 Å². The molecule has 3 rings (SSSR count). The van der Waals surface area contributed by atoms with Gasteiger partial charge in [-0.25, -0.2) is 4.68 Å². The van der Waals surface area contributed by atoms with Crippen LogP contribution in [0.3, 0.4) is 0 Å². The number of benzene rings is 2. The predicted molar refractivity (Wildman–Crippen MR) is 105 cm³/mol. The molecule has 0 aliphatic carbocycles. The Balaban J connectivity index is 1.66.